The molecule has 0 amide bonds. The minimum Gasteiger partial charge on any atom is -0.508 e. The second-order valence-electron chi connectivity index (χ2n) is 5.33. The van der Waals surface area contributed by atoms with E-state index in [1.165, 1.54) is 10.9 Å². The van der Waals surface area contributed by atoms with Crippen molar-refractivity contribution in [3.05, 3.63) is 52.0 Å². The van der Waals surface area contributed by atoms with Gasteiger partial charge in [-0.15, -0.1) is 11.3 Å². The van der Waals surface area contributed by atoms with Crippen LogP contribution in [0.4, 0.5) is 4.39 Å². The molecule has 2 N–H and O–H groups in total. The number of nitrogens with one attached hydrogen (secondary N) is 1. The number of thiophene rings is 1. The van der Waals surface area contributed by atoms with Gasteiger partial charge in [-0.25, -0.2) is 4.39 Å². The van der Waals surface area contributed by atoms with Crippen molar-refractivity contribution < 1.29 is 9.50 Å². The molecule has 2 nitrogen and oxygen atoms in total. The lowest BCUT2D eigenvalue weighted by molar-refractivity contribution is 0.369. The van der Waals surface area contributed by atoms with Gasteiger partial charge in [0.15, 0.2) is 0 Å². The number of hydrogen-bond acceptors (Lipinski definition) is 3. The number of phenols is 1. The monoisotopic (exact) mass is 293 g/mol. The summed E-state index contributed by atoms with van der Waals surface area (Å²) in [6.07, 6.45) is 0. The molecule has 0 aliphatic rings. The van der Waals surface area contributed by atoms with Crippen molar-refractivity contribution in [3.63, 3.8) is 0 Å². The SMILES string of the molecule is CC(NC(c1cccs1)C(C)C)c1ccc(F)cc1O. The van der Waals surface area contributed by atoms with E-state index < -0.39 is 5.82 Å². The van der Waals surface area contributed by atoms with E-state index >= 15 is 0 Å². The van der Waals surface area contributed by atoms with Crippen LogP contribution in [0.25, 0.3) is 0 Å². The summed E-state index contributed by atoms with van der Waals surface area (Å²) < 4.78 is 13.0. The number of aromatic hydroxyl groups is 1. The predicted molar refractivity (Wildman–Crippen MR) is 81.5 cm³/mol. The molecule has 108 valence electrons. The lowest BCUT2D eigenvalue weighted by Crippen LogP contribution is -2.27. The summed E-state index contributed by atoms with van der Waals surface area (Å²) in [5.74, 6) is 0.00879. The van der Waals surface area contributed by atoms with Gasteiger partial charge in [-0.2, -0.15) is 0 Å². The predicted octanol–water partition coefficient (Wildman–Crippen LogP) is 4.64. The Hall–Kier alpha value is -1.39. The summed E-state index contributed by atoms with van der Waals surface area (Å²) >= 11 is 1.72. The van der Waals surface area contributed by atoms with Gasteiger partial charge in [-0.05, 0) is 30.4 Å². The van der Waals surface area contributed by atoms with Crippen LogP contribution in [0.2, 0.25) is 0 Å². The van der Waals surface area contributed by atoms with Crippen molar-refractivity contribution >= 4 is 11.3 Å². The molecule has 0 saturated carbocycles. The highest BCUT2D eigenvalue weighted by atomic mass is 32.1. The molecule has 2 unspecified atom stereocenters. The highest BCUT2D eigenvalue weighted by Gasteiger charge is 2.21. The van der Waals surface area contributed by atoms with E-state index in [9.17, 15) is 9.50 Å². The molecule has 20 heavy (non-hydrogen) atoms. The van der Waals surface area contributed by atoms with E-state index in [0.29, 0.717) is 11.5 Å². The molecule has 4 heteroatoms. The van der Waals surface area contributed by atoms with E-state index in [-0.39, 0.29) is 17.8 Å². The smallest absolute Gasteiger partial charge is 0.126 e. The Morgan fingerprint density at radius 2 is 1.95 bits per heavy atom. The lowest BCUT2D eigenvalue weighted by atomic mass is 9.99. The van der Waals surface area contributed by atoms with Crippen LogP contribution in [0, 0.1) is 11.7 Å². The standard InChI is InChI=1S/C16H20FNOS/c1-10(2)16(15-5-4-8-20-15)18-11(3)13-7-6-12(17)9-14(13)19/h4-11,16,18-19H,1-3H3. The van der Waals surface area contributed by atoms with Crippen molar-refractivity contribution in [2.24, 2.45) is 5.92 Å². The summed E-state index contributed by atoms with van der Waals surface area (Å²) in [5, 5.41) is 15.5. The van der Waals surface area contributed by atoms with Crippen molar-refractivity contribution in [2.45, 2.75) is 32.9 Å². The molecule has 0 radical (unpaired) electrons. The summed E-state index contributed by atoms with van der Waals surface area (Å²) in [6.45, 7) is 6.30. The van der Waals surface area contributed by atoms with Crippen molar-refractivity contribution in [1.82, 2.24) is 5.32 Å². The number of benzene rings is 1. The highest BCUT2D eigenvalue weighted by molar-refractivity contribution is 7.10. The fourth-order valence-electron chi connectivity index (χ4n) is 2.31. The Kier molecular flexibility index (Phi) is 4.78. The molecule has 1 aromatic heterocycles. The zero-order valence-electron chi connectivity index (χ0n) is 11.9. The van der Waals surface area contributed by atoms with Crippen LogP contribution in [-0.4, -0.2) is 5.11 Å². The van der Waals surface area contributed by atoms with Gasteiger partial charge in [-0.3, -0.25) is 0 Å². The fourth-order valence-corrected chi connectivity index (χ4v) is 3.27. The third-order valence-corrected chi connectivity index (χ3v) is 4.36. The van der Waals surface area contributed by atoms with Crippen molar-refractivity contribution in [2.75, 3.05) is 0 Å². The topological polar surface area (TPSA) is 32.3 Å². The van der Waals surface area contributed by atoms with Gasteiger partial charge in [0.1, 0.15) is 11.6 Å². The first kappa shape index (κ1) is 15.0. The number of halogens is 1. The van der Waals surface area contributed by atoms with Gasteiger partial charge in [-0.1, -0.05) is 26.0 Å². The van der Waals surface area contributed by atoms with E-state index in [1.54, 1.807) is 17.4 Å². The Bertz CT molecular complexity index is 554. The van der Waals surface area contributed by atoms with Crippen LogP contribution in [0.5, 0.6) is 5.75 Å². The maximum atomic E-state index is 13.0. The largest absolute Gasteiger partial charge is 0.508 e. The van der Waals surface area contributed by atoms with Gasteiger partial charge < -0.3 is 10.4 Å². The zero-order chi connectivity index (χ0) is 14.7. The minimum atomic E-state index is -0.419. The normalized spacial score (nSPS) is 14.4. The maximum absolute atomic E-state index is 13.0. The molecular formula is C16H20FNOS. The van der Waals surface area contributed by atoms with Crippen LogP contribution < -0.4 is 5.32 Å². The summed E-state index contributed by atoms with van der Waals surface area (Å²) in [5.41, 5.74) is 0.716. The third-order valence-electron chi connectivity index (χ3n) is 3.40. The first-order chi connectivity index (χ1) is 9.49. The molecule has 0 aliphatic carbocycles. The molecule has 0 spiro atoms. The Balaban J connectivity index is 2.18. The molecule has 0 aliphatic heterocycles. The molecular weight excluding hydrogens is 273 g/mol. The lowest BCUT2D eigenvalue weighted by Gasteiger charge is -2.26. The maximum Gasteiger partial charge on any atom is 0.126 e. The third kappa shape index (κ3) is 3.38. The quantitative estimate of drug-likeness (QED) is 0.841. The summed E-state index contributed by atoms with van der Waals surface area (Å²) in [7, 11) is 0. The molecule has 0 saturated heterocycles. The second kappa shape index (κ2) is 6.37. The molecule has 2 rings (SSSR count). The van der Waals surface area contributed by atoms with Crippen LogP contribution in [0.15, 0.2) is 35.7 Å². The van der Waals surface area contributed by atoms with Crippen LogP contribution in [-0.2, 0) is 0 Å². The molecule has 2 aromatic rings. The number of phenolic OH excluding ortho intramolecular Hbond substituents is 1. The average molecular weight is 293 g/mol. The van der Waals surface area contributed by atoms with Gasteiger partial charge in [0, 0.05) is 28.6 Å². The molecule has 0 bridgehead atoms. The first-order valence-corrected chi connectivity index (χ1v) is 7.65. The highest BCUT2D eigenvalue weighted by Crippen LogP contribution is 2.31. The molecule has 2 atom stereocenters. The van der Waals surface area contributed by atoms with Gasteiger partial charge in [0.2, 0.25) is 0 Å². The van der Waals surface area contributed by atoms with Crippen molar-refractivity contribution in [3.8, 4) is 5.75 Å². The van der Waals surface area contributed by atoms with Crippen LogP contribution in [0.3, 0.4) is 0 Å². The van der Waals surface area contributed by atoms with Gasteiger partial charge in [0.05, 0.1) is 0 Å². The van der Waals surface area contributed by atoms with E-state index in [0.717, 1.165) is 6.07 Å². The van der Waals surface area contributed by atoms with Gasteiger partial charge in [0.25, 0.3) is 0 Å². The van der Waals surface area contributed by atoms with E-state index in [2.05, 4.69) is 30.6 Å². The Morgan fingerprint density at radius 1 is 1.20 bits per heavy atom. The summed E-state index contributed by atoms with van der Waals surface area (Å²) in [4.78, 5) is 1.27. The Morgan fingerprint density at radius 3 is 2.50 bits per heavy atom. The Labute approximate surface area is 123 Å². The van der Waals surface area contributed by atoms with E-state index in [4.69, 9.17) is 0 Å². The van der Waals surface area contributed by atoms with E-state index in [1.807, 2.05) is 13.0 Å². The second-order valence-corrected chi connectivity index (χ2v) is 6.31. The number of hydrogen-bond donors (Lipinski definition) is 2. The fraction of sp³-hybridized carbons (Fsp3) is 0.375. The average Bonchev–Trinajstić information content (AvgIpc) is 2.88. The molecule has 0 fully saturated rings. The number of rotatable bonds is 5. The van der Waals surface area contributed by atoms with Crippen molar-refractivity contribution in [1.29, 1.82) is 0 Å². The zero-order valence-corrected chi connectivity index (χ0v) is 12.7. The van der Waals surface area contributed by atoms with Crippen LogP contribution >= 0.6 is 11.3 Å². The van der Waals surface area contributed by atoms with Crippen LogP contribution in [0.1, 0.15) is 43.3 Å². The summed E-state index contributed by atoms with van der Waals surface area (Å²) in [6, 6.07) is 8.48. The first-order valence-electron chi connectivity index (χ1n) is 6.77. The molecule has 1 heterocycles. The molecule has 1 aromatic carbocycles. The minimum absolute atomic E-state index is 0.00122. The van der Waals surface area contributed by atoms with Gasteiger partial charge >= 0.3 is 0 Å².